The van der Waals surface area contributed by atoms with Gasteiger partial charge in [-0.2, -0.15) is 0 Å². The van der Waals surface area contributed by atoms with Crippen molar-refractivity contribution in [2.75, 3.05) is 17.2 Å². The second kappa shape index (κ2) is 6.85. The Bertz CT molecular complexity index is 632. The summed E-state index contributed by atoms with van der Waals surface area (Å²) in [6, 6.07) is 9.09. The van der Waals surface area contributed by atoms with Crippen LogP contribution in [0, 0.1) is 0 Å². The topological polar surface area (TPSA) is 54.0 Å². The normalized spacial score (nSPS) is 10.2. The number of aromatic nitrogens is 1. The molecule has 104 valence electrons. The van der Waals surface area contributed by atoms with E-state index in [0.29, 0.717) is 23.6 Å². The molecule has 0 saturated carbocycles. The van der Waals surface area contributed by atoms with Gasteiger partial charge in [-0.15, -0.1) is 0 Å². The van der Waals surface area contributed by atoms with Crippen LogP contribution in [0.3, 0.4) is 0 Å². The number of amides is 1. The number of rotatable bonds is 4. The van der Waals surface area contributed by atoms with Gasteiger partial charge < -0.3 is 10.6 Å². The van der Waals surface area contributed by atoms with Gasteiger partial charge in [0.25, 0.3) is 5.91 Å². The van der Waals surface area contributed by atoms with Crippen LogP contribution in [0.2, 0.25) is 0 Å². The number of hydrogen-bond acceptors (Lipinski definition) is 3. The van der Waals surface area contributed by atoms with Crippen molar-refractivity contribution < 1.29 is 4.79 Å². The maximum atomic E-state index is 12.3. The fraction of sp³-hybridized carbons (Fsp3) is 0.143. The third-order valence-electron chi connectivity index (χ3n) is 2.57. The molecule has 20 heavy (non-hydrogen) atoms. The Balaban J connectivity index is 2.26. The summed E-state index contributed by atoms with van der Waals surface area (Å²) >= 11 is 6.80. The molecule has 4 nitrogen and oxygen atoms in total. The minimum atomic E-state index is -0.201. The van der Waals surface area contributed by atoms with Crippen LogP contribution in [0.5, 0.6) is 0 Å². The first kappa shape index (κ1) is 15.0. The van der Waals surface area contributed by atoms with E-state index in [2.05, 4.69) is 47.5 Å². The fourth-order valence-corrected chi connectivity index (χ4v) is 2.39. The molecule has 0 aliphatic carbocycles. The lowest BCUT2D eigenvalue weighted by atomic mass is 10.2. The van der Waals surface area contributed by atoms with Crippen molar-refractivity contribution in [3.63, 3.8) is 0 Å². The molecule has 0 fully saturated rings. The Labute approximate surface area is 134 Å². The average molecular weight is 399 g/mol. The van der Waals surface area contributed by atoms with Gasteiger partial charge in [0.15, 0.2) is 0 Å². The first-order chi connectivity index (χ1) is 9.61. The van der Waals surface area contributed by atoms with E-state index in [0.717, 1.165) is 8.95 Å². The van der Waals surface area contributed by atoms with E-state index in [1.807, 2.05) is 25.1 Å². The Morgan fingerprint density at radius 3 is 2.85 bits per heavy atom. The Morgan fingerprint density at radius 1 is 1.30 bits per heavy atom. The number of halogens is 2. The van der Waals surface area contributed by atoms with Crippen molar-refractivity contribution in [2.45, 2.75) is 6.92 Å². The highest BCUT2D eigenvalue weighted by Gasteiger charge is 2.13. The molecule has 0 aliphatic heterocycles. The molecule has 0 saturated heterocycles. The van der Waals surface area contributed by atoms with Crippen LogP contribution < -0.4 is 10.6 Å². The van der Waals surface area contributed by atoms with Crippen LogP contribution in [0.1, 0.15) is 17.3 Å². The molecule has 1 aromatic carbocycles. The molecule has 2 N–H and O–H groups in total. The third-order valence-corrected chi connectivity index (χ3v) is 3.76. The summed E-state index contributed by atoms with van der Waals surface area (Å²) in [4.78, 5) is 16.5. The first-order valence-electron chi connectivity index (χ1n) is 6.07. The van der Waals surface area contributed by atoms with Crippen LogP contribution in [0.25, 0.3) is 0 Å². The van der Waals surface area contributed by atoms with E-state index < -0.39 is 0 Å². The smallest absolute Gasteiger partial charge is 0.259 e. The predicted octanol–water partition coefficient (Wildman–Crippen LogP) is 4.29. The van der Waals surface area contributed by atoms with E-state index in [9.17, 15) is 4.79 Å². The summed E-state index contributed by atoms with van der Waals surface area (Å²) in [6.07, 6.45) is 1.66. The molecule has 1 aromatic heterocycles. The molecule has 1 heterocycles. The molecular weight excluding hydrogens is 386 g/mol. The number of nitrogens with one attached hydrogen (secondary N) is 2. The van der Waals surface area contributed by atoms with Gasteiger partial charge in [-0.1, -0.05) is 15.9 Å². The number of benzene rings is 1. The van der Waals surface area contributed by atoms with E-state index in [1.165, 1.54) is 0 Å². The van der Waals surface area contributed by atoms with E-state index in [4.69, 9.17) is 0 Å². The fourth-order valence-electron chi connectivity index (χ4n) is 1.68. The second-order valence-electron chi connectivity index (χ2n) is 4.01. The standard InChI is InChI=1S/C14H13Br2N3O/c1-2-17-13-10(4-3-7-18-13)14(20)19-12-8-9(15)5-6-11(12)16/h3-8H,2H2,1H3,(H,17,18)(H,19,20). The summed E-state index contributed by atoms with van der Waals surface area (Å²) in [5.74, 6) is 0.381. The molecule has 6 heteroatoms. The summed E-state index contributed by atoms with van der Waals surface area (Å²) in [5.41, 5.74) is 1.22. The number of carbonyl (C=O) groups is 1. The molecule has 0 spiro atoms. The van der Waals surface area contributed by atoms with Gasteiger partial charge in [0.1, 0.15) is 5.82 Å². The molecule has 0 bridgehead atoms. The van der Waals surface area contributed by atoms with Crippen LogP contribution >= 0.6 is 31.9 Å². The maximum absolute atomic E-state index is 12.3. The van der Waals surface area contributed by atoms with Gasteiger partial charge in [-0.25, -0.2) is 4.98 Å². The minimum Gasteiger partial charge on any atom is -0.370 e. The highest BCUT2D eigenvalue weighted by molar-refractivity contribution is 9.11. The zero-order chi connectivity index (χ0) is 14.5. The number of nitrogens with zero attached hydrogens (tertiary/aromatic N) is 1. The highest BCUT2D eigenvalue weighted by Crippen LogP contribution is 2.27. The second-order valence-corrected chi connectivity index (χ2v) is 5.78. The van der Waals surface area contributed by atoms with Gasteiger partial charge in [-0.05, 0) is 53.2 Å². The molecule has 0 radical (unpaired) electrons. The van der Waals surface area contributed by atoms with Crippen molar-refractivity contribution in [3.05, 3.63) is 51.0 Å². The van der Waals surface area contributed by atoms with Gasteiger partial charge >= 0.3 is 0 Å². The van der Waals surface area contributed by atoms with Crippen molar-refractivity contribution in [3.8, 4) is 0 Å². The SMILES string of the molecule is CCNc1ncccc1C(=O)Nc1cc(Br)ccc1Br. The zero-order valence-electron chi connectivity index (χ0n) is 10.8. The van der Waals surface area contributed by atoms with Crippen LogP contribution in [-0.2, 0) is 0 Å². The molecular formula is C14H13Br2N3O. The number of anilines is 2. The van der Waals surface area contributed by atoms with Crippen molar-refractivity contribution in [1.82, 2.24) is 4.98 Å². The van der Waals surface area contributed by atoms with Crippen LogP contribution in [-0.4, -0.2) is 17.4 Å². The number of carbonyl (C=O) groups excluding carboxylic acids is 1. The average Bonchev–Trinajstić information content (AvgIpc) is 2.44. The third kappa shape index (κ3) is 3.58. The molecule has 1 amide bonds. The lowest BCUT2D eigenvalue weighted by Crippen LogP contribution is -2.16. The van der Waals surface area contributed by atoms with Crippen molar-refractivity contribution in [1.29, 1.82) is 0 Å². The van der Waals surface area contributed by atoms with E-state index >= 15 is 0 Å². The van der Waals surface area contributed by atoms with Crippen LogP contribution in [0.4, 0.5) is 11.5 Å². The summed E-state index contributed by atoms with van der Waals surface area (Å²) in [6.45, 7) is 2.67. The Kier molecular flexibility index (Phi) is 5.14. The monoisotopic (exact) mass is 397 g/mol. The minimum absolute atomic E-state index is 0.201. The Hall–Kier alpha value is -1.40. The highest BCUT2D eigenvalue weighted by atomic mass is 79.9. The van der Waals surface area contributed by atoms with Gasteiger partial charge in [0.2, 0.25) is 0 Å². The largest absolute Gasteiger partial charge is 0.370 e. The van der Waals surface area contributed by atoms with Gasteiger partial charge in [0.05, 0.1) is 11.3 Å². The number of pyridine rings is 1. The predicted molar refractivity (Wildman–Crippen MR) is 88.2 cm³/mol. The molecule has 0 unspecified atom stereocenters. The van der Waals surface area contributed by atoms with Crippen LogP contribution in [0.15, 0.2) is 45.5 Å². The molecule has 0 atom stereocenters. The van der Waals surface area contributed by atoms with E-state index in [-0.39, 0.29) is 5.91 Å². The lowest BCUT2D eigenvalue weighted by molar-refractivity contribution is 0.102. The first-order valence-corrected chi connectivity index (χ1v) is 7.65. The summed E-state index contributed by atoms with van der Waals surface area (Å²) in [7, 11) is 0. The van der Waals surface area contributed by atoms with E-state index in [1.54, 1.807) is 18.3 Å². The van der Waals surface area contributed by atoms with Gasteiger partial charge in [0, 0.05) is 21.7 Å². The molecule has 2 aromatic rings. The van der Waals surface area contributed by atoms with Crippen molar-refractivity contribution in [2.24, 2.45) is 0 Å². The Morgan fingerprint density at radius 2 is 2.10 bits per heavy atom. The summed E-state index contributed by atoms with van der Waals surface area (Å²) < 4.78 is 1.72. The zero-order valence-corrected chi connectivity index (χ0v) is 14.0. The van der Waals surface area contributed by atoms with Gasteiger partial charge in [-0.3, -0.25) is 4.79 Å². The maximum Gasteiger partial charge on any atom is 0.259 e. The number of hydrogen-bond donors (Lipinski definition) is 2. The quantitative estimate of drug-likeness (QED) is 0.807. The van der Waals surface area contributed by atoms with Crippen molar-refractivity contribution >= 4 is 49.3 Å². The lowest BCUT2D eigenvalue weighted by Gasteiger charge is -2.11. The molecule has 2 rings (SSSR count). The summed E-state index contributed by atoms with van der Waals surface area (Å²) in [5, 5.41) is 5.95. The molecule has 0 aliphatic rings.